The first-order valence-corrected chi connectivity index (χ1v) is 6.10. The Morgan fingerprint density at radius 3 is 2.65 bits per heavy atom. The van der Waals surface area contributed by atoms with Crippen LogP contribution in [0, 0.1) is 0 Å². The van der Waals surface area contributed by atoms with E-state index in [2.05, 4.69) is 53.6 Å². The fourth-order valence-electron chi connectivity index (χ4n) is 1.96. The second-order valence-corrected chi connectivity index (χ2v) is 4.24. The normalized spacial score (nSPS) is 12.6. The Labute approximate surface area is 102 Å². The quantitative estimate of drug-likeness (QED) is 0.827. The van der Waals surface area contributed by atoms with Gasteiger partial charge in [0.25, 0.3) is 0 Å². The Kier molecular flexibility index (Phi) is 3.94. The molecule has 1 aromatic heterocycles. The number of hydrogen-bond donors (Lipinski definition) is 2. The molecule has 0 bridgehead atoms. The van der Waals surface area contributed by atoms with Crippen molar-refractivity contribution in [2.75, 3.05) is 0 Å². The van der Waals surface area contributed by atoms with Crippen molar-refractivity contribution in [3.05, 3.63) is 53.3 Å². The third-order valence-corrected chi connectivity index (χ3v) is 3.09. The molecule has 17 heavy (non-hydrogen) atoms. The predicted octanol–water partition coefficient (Wildman–Crippen LogP) is 2.82. The first kappa shape index (κ1) is 11.9. The minimum atomic E-state index is 0.294. The number of aryl methyl sites for hydroxylation is 1. The molecule has 0 amide bonds. The molecule has 2 aromatic rings. The Balaban J connectivity index is 1.98. The lowest BCUT2D eigenvalue weighted by atomic mass is 10.1. The van der Waals surface area contributed by atoms with Gasteiger partial charge in [-0.15, -0.1) is 0 Å². The highest BCUT2D eigenvalue weighted by molar-refractivity contribution is 5.27. The predicted molar refractivity (Wildman–Crippen MR) is 69.7 cm³/mol. The largest absolute Gasteiger partial charge is 0.305 e. The number of benzene rings is 1. The molecule has 0 saturated heterocycles. The van der Waals surface area contributed by atoms with E-state index in [4.69, 9.17) is 0 Å². The smallest absolute Gasteiger partial charge is 0.0518 e. The molecule has 2 rings (SSSR count). The Morgan fingerprint density at radius 1 is 1.24 bits per heavy atom. The summed E-state index contributed by atoms with van der Waals surface area (Å²) in [5.41, 5.74) is 3.91. The van der Waals surface area contributed by atoms with Gasteiger partial charge in [-0.2, -0.15) is 5.10 Å². The monoisotopic (exact) mass is 229 g/mol. The van der Waals surface area contributed by atoms with Crippen LogP contribution in [-0.2, 0) is 13.0 Å². The van der Waals surface area contributed by atoms with Crippen molar-refractivity contribution >= 4 is 0 Å². The Hall–Kier alpha value is -1.61. The van der Waals surface area contributed by atoms with Gasteiger partial charge in [-0.25, -0.2) is 0 Å². The molecule has 0 fully saturated rings. The van der Waals surface area contributed by atoms with E-state index in [-0.39, 0.29) is 0 Å². The van der Waals surface area contributed by atoms with Crippen LogP contribution in [0.25, 0.3) is 0 Å². The molecule has 0 aliphatic heterocycles. The van der Waals surface area contributed by atoms with E-state index in [9.17, 15) is 0 Å². The summed E-state index contributed by atoms with van der Waals surface area (Å²) in [4.78, 5) is 0. The lowest BCUT2D eigenvalue weighted by molar-refractivity contribution is 0.558. The number of hydrogen-bond acceptors (Lipinski definition) is 2. The highest BCUT2D eigenvalue weighted by Gasteiger charge is 2.06. The molecule has 1 unspecified atom stereocenters. The summed E-state index contributed by atoms with van der Waals surface area (Å²) in [5, 5.41) is 10.5. The summed E-state index contributed by atoms with van der Waals surface area (Å²) in [6, 6.07) is 10.9. The second kappa shape index (κ2) is 5.64. The highest BCUT2D eigenvalue weighted by Crippen LogP contribution is 2.12. The van der Waals surface area contributed by atoms with Gasteiger partial charge in [0.15, 0.2) is 0 Å². The van der Waals surface area contributed by atoms with E-state index < -0.39 is 0 Å². The van der Waals surface area contributed by atoms with Crippen LogP contribution in [0.3, 0.4) is 0 Å². The first-order valence-electron chi connectivity index (χ1n) is 6.10. The summed E-state index contributed by atoms with van der Waals surface area (Å²) in [6.45, 7) is 5.23. The van der Waals surface area contributed by atoms with Crippen molar-refractivity contribution < 1.29 is 0 Å². The van der Waals surface area contributed by atoms with Crippen LogP contribution in [0.15, 0.2) is 36.5 Å². The SMILES string of the molecule is CCc1ccccc1CNC(C)c1ccn[nH]1. The average Bonchev–Trinajstić information content (AvgIpc) is 2.90. The maximum atomic E-state index is 3.97. The second-order valence-electron chi connectivity index (χ2n) is 4.24. The summed E-state index contributed by atoms with van der Waals surface area (Å²) < 4.78 is 0. The maximum Gasteiger partial charge on any atom is 0.0518 e. The zero-order valence-corrected chi connectivity index (χ0v) is 10.4. The molecule has 3 nitrogen and oxygen atoms in total. The third-order valence-electron chi connectivity index (χ3n) is 3.09. The summed E-state index contributed by atoms with van der Waals surface area (Å²) in [7, 11) is 0. The van der Waals surface area contributed by atoms with Gasteiger partial charge in [-0.3, -0.25) is 5.10 Å². The summed E-state index contributed by atoms with van der Waals surface area (Å²) in [6.07, 6.45) is 2.86. The van der Waals surface area contributed by atoms with Gasteiger partial charge in [-0.1, -0.05) is 31.2 Å². The zero-order chi connectivity index (χ0) is 12.1. The molecule has 0 aliphatic rings. The van der Waals surface area contributed by atoms with Crippen LogP contribution >= 0.6 is 0 Å². The fourth-order valence-corrected chi connectivity index (χ4v) is 1.96. The van der Waals surface area contributed by atoms with E-state index in [0.29, 0.717) is 6.04 Å². The van der Waals surface area contributed by atoms with Crippen LogP contribution in [0.4, 0.5) is 0 Å². The van der Waals surface area contributed by atoms with Crippen LogP contribution in [-0.4, -0.2) is 10.2 Å². The van der Waals surface area contributed by atoms with Crippen LogP contribution < -0.4 is 5.32 Å². The van der Waals surface area contributed by atoms with Gasteiger partial charge in [0.1, 0.15) is 0 Å². The van der Waals surface area contributed by atoms with Crippen LogP contribution in [0.5, 0.6) is 0 Å². The van der Waals surface area contributed by atoms with Crippen LogP contribution in [0.2, 0.25) is 0 Å². The maximum absolute atomic E-state index is 3.97. The molecule has 0 spiro atoms. The Morgan fingerprint density at radius 2 is 2.00 bits per heavy atom. The van der Waals surface area contributed by atoms with Gasteiger partial charge >= 0.3 is 0 Å². The van der Waals surface area contributed by atoms with Gasteiger partial charge in [-0.05, 0) is 30.5 Å². The fraction of sp³-hybridized carbons (Fsp3) is 0.357. The molecule has 1 atom stereocenters. The minimum absolute atomic E-state index is 0.294. The lowest BCUT2D eigenvalue weighted by Crippen LogP contribution is -2.19. The molecule has 1 aromatic carbocycles. The van der Waals surface area contributed by atoms with Crippen molar-refractivity contribution in [1.82, 2.24) is 15.5 Å². The number of aromatic amines is 1. The van der Waals surface area contributed by atoms with Crippen molar-refractivity contribution in [3.8, 4) is 0 Å². The van der Waals surface area contributed by atoms with Gasteiger partial charge in [0.05, 0.1) is 5.69 Å². The number of aromatic nitrogens is 2. The van der Waals surface area contributed by atoms with Gasteiger partial charge in [0.2, 0.25) is 0 Å². The van der Waals surface area contributed by atoms with Crippen molar-refractivity contribution in [3.63, 3.8) is 0 Å². The zero-order valence-electron chi connectivity index (χ0n) is 10.4. The van der Waals surface area contributed by atoms with E-state index in [0.717, 1.165) is 18.7 Å². The number of nitrogens with one attached hydrogen (secondary N) is 2. The molecule has 2 N–H and O–H groups in total. The minimum Gasteiger partial charge on any atom is -0.305 e. The molecule has 0 aliphatic carbocycles. The number of rotatable bonds is 5. The molecule has 90 valence electrons. The lowest BCUT2D eigenvalue weighted by Gasteiger charge is -2.14. The van der Waals surface area contributed by atoms with E-state index >= 15 is 0 Å². The average molecular weight is 229 g/mol. The van der Waals surface area contributed by atoms with E-state index in [1.54, 1.807) is 6.20 Å². The molecule has 1 heterocycles. The number of H-pyrrole nitrogens is 1. The van der Waals surface area contributed by atoms with Gasteiger partial charge < -0.3 is 5.32 Å². The summed E-state index contributed by atoms with van der Waals surface area (Å²) >= 11 is 0. The standard InChI is InChI=1S/C14H19N3/c1-3-12-6-4-5-7-13(12)10-15-11(2)14-8-9-16-17-14/h4-9,11,15H,3,10H2,1-2H3,(H,16,17). The first-order chi connectivity index (χ1) is 8.31. The van der Waals surface area contributed by atoms with Crippen molar-refractivity contribution in [2.24, 2.45) is 0 Å². The van der Waals surface area contributed by atoms with E-state index in [1.807, 2.05) is 6.07 Å². The Bertz CT molecular complexity index is 448. The topological polar surface area (TPSA) is 40.7 Å². The van der Waals surface area contributed by atoms with Gasteiger partial charge in [0, 0.05) is 18.8 Å². The highest BCUT2D eigenvalue weighted by atomic mass is 15.1. The molecule has 3 heteroatoms. The van der Waals surface area contributed by atoms with E-state index in [1.165, 1.54) is 11.1 Å². The van der Waals surface area contributed by atoms with Crippen molar-refractivity contribution in [1.29, 1.82) is 0 Å². The van der Waals surface area contributed by atoms with Crippen LogP contribution in [0.1, 0.15) is 36.7 Å². The summed E-state index contributed by atoms with van der Waals surface area (Å²) in [5.74, 6) is 0. The molecule has 0 saturated carbocycles. The molecule has 0 radical (unpaired) electrons. The van der Waals surface area contributed by atoms with Crippen molar-refractivity contribution in [2.45, 2.75) is 32.9 Å². The molecular weight excluding hydrogens is 210 g/mol. The molecular formula is C14H19N3. The third kappa shape index (κ3) is 2.94. The number of nitrogens with zero attached hydrogens (tertiary/aromatic N) is 1.